The van der Waals surface area contributed by atoms with Crippen LogP contribution < -0.4 is 19.1 Å². The van der Waals surface area contributed by atoms with Crippen LogP contribution in [0.2, 0.25) is 10.0 Å². The highest BCUT2D eigenvalue weighted by Crippen LogP contribution is 2.34. The summed E-state index contributed by atoms with van der Waals surface area (Å²) in [6.07, 6.45) is 2.02. The van der Waals surface area contributed by atoms with Gasteiger partial charge >= 0.3 is 0 Å². The van der Waals surface area contributed by atoms with Crippen LogP contribution in [0.4, 0.5) is 5.69 Å². The van der Waals surface area contributed by atoms with E-state index < -0.39 is 28.5 Å². The molecule has 0 aliphatic rings. The van der Waals surface area contributed by atoms with Crippen molar-refractivity contribution in [2.75, 3.05) is 37.9 Å². The molecule has 2 rings (SSSR count). The zero-order valence-electron chi connectivity index (χ0n) is 21.6. The van der Waals surface area contributed by atoms with Gasteiger partial charge in [0.2, 0.25) is 21.8 Å². The molecule has 0 aliphatic carbocycles. The molecule has 0 saturated carbocycles. The minimum atomic E-state index is -3.93. The van der Waals surface area contributed by atoms with Gasteiger partial charge in [-0.3, -0.25) is 13.9 Å². The molecule has 0 saturated heterocycles. The normalized spacial score (nSPS) is 12.0. The van der Waals surface area contributed by atoms with E-state index in [9.17, 15) is 18.0 Å². The van der Waals surface area contributed by atoms with Crippen LogP contribution in [-0.4, -0.2) is 64.7 Å². The molecule has 1 unspecified atom stereocenters. The van der Waals surface area contributed by atoms with Crippen LogP contribution >= 0.6 is 23.2 Å². The number of nitrogens with zero attached hydrogens (tertiary/aromatic N) is 2. The minimum absolute atomic E-state index is 0.0236. The van der Waals surface area contributed by atoms with Crippen molar-refractivity contribution in [3.63, 3.8) is 0 Å². The SMILES string of the molecule is CCCNC(=O)C(CC)N(Cc1ccc(Cl)cc1Cl)C(=O)CN(c1ccc(OC)cc1OC)S(C)(=O)=O. The molecule has 0 bridgehead atoms. The Bertz CT molecular complexity index is 1210. The first-order chi connectivity index (χ1) is 17.5. The lowest BCUT2D eigenvalue weighted by Crippen LogP contribution is -2.52. The molecule has 2 aromatic rings. The number of carbonyl (C=O) groups excluding carboxylic acids is 2. The second-order valence-corrected chi connectivity index (χ2v) is 11.0. The van der Waals surface area contributed by atoms with Crippen LogP contribution in [-0.2, 0) is 26.2 Å². The molecule has 0 radical (unpaired) electrons. The largest absolute Gasteiger partial charge is 0.497 e. The van der Waals surface area contributed by atoms with E-state index in [1.54, 1.807) is 31.2 Å². The van der Waals surface area contributed by atoms with Crippen molar-refractivity contribution in [3.8, 4) is 11.5 Å². The molecule has 2 amide bonds. The number of hydrogen-bond acceptors (Lipinski definition) is 6. The smallest absolute Gasteiger partial charge is 0.244 e. The number of hydrogen-bond donors (Lipinski definition) is 1. The molecular formula is C25H33Cl2N3O6S. The van der Waals surface area contributed by atoms with Crippen LogP contribution in [0.5, 0.6) is 11.5 Å². The standard InChI is InChI=1S/C25H33Cl2N3O6S/c1-6-12-28-25(32)21(7-2)29(15-17-8-9-18(26)13-20(17)27)24(31)16-30(37(5,33)34)22-11-10-19(35-3)14-23(22)36-4/h8-11,13-14,21H,6-7,12,15-16H2,1-5H3,(H,28,32). The van der Waals surface area contributed by atoms with Gasteiger partial charge in [0.05, 0.1) is 26.2 Å². The number of ether oxygens (including phenoxy) is 2. The third-order valence-corrected chi connectivity index (χ3v) is 7.34. The number of amides is 2. The lowest BCUT2D eigenvalue weighted by molar-refractivity contribution is -0.140. The summed E-state index contributed by atoms with van der Waals surface area (Å²) in [5, 5.41) is 3.57. The van der Waals surface area contributed by atoms with E-state index in [1.165, 1.54) is 31.3 Å². The van der Waals surface area contributed by atoms with Crippen molar-refractivity contribution < 1.29 is 27.5 Å². The Morgan fingerprint density at radius 1 is 1.05 bits per heavy atom. The molecule has 1 atom stereocenters. The second kappa shape index (κ2) is 13.7. The highest BCUT2D eigenvalue weighted by Gasteiger charge is 2.33. The quantitative estimate of drug-likeness (QED) is 0.386. The maximum atomic E-state index is 13.8. The molecule has 0 spiro atoms. The summed E-state index contributed by atoms with van der Waals surface area (Å²) < 4.78 is 37.2. The summed E-state index contributed by atoms with van der Waals surface area (Å²) in [5.41, 5.74) is 0.723. The zero-order chi connectivity index (χ0) is 27.8. The van der Waals surface area contributed by atoms with Crippen molar-refractivity contribution in [1.82, 2.24) is 10.2 Å². The van der Waals surface area contributed by atoms with E-state index in [0.717, 1.165) is 17.0 Å². The Kier molecular flexibility index (Phi) is 11.3. The first-order valence-corrected chi connectivity index (χ1v) is 14.3. The molecule has 2 aromatic carbocycles. The van der Waals surface area contributed by atoms with E-state index in [2.05, 4.69) is 5.32 Å². The fourth-order valence-electron chi connectivity index (χ4n) is 3.70. The van der Waals surface area contributed by atoms with Crippen molar-refractivity contribution in [2.24, 2.45) is 0 Å². The molecule has 0 heterocycles. The molecule has 9 nitrogen and oxygen atoms in total. The molecule has 37 heavy (non-hydrogen) atoms. The van der Waals surface area contributed by atoms with Crippen molar-refractivity contribution in [3.05, 3.63) is 52.0 Å². The number of benzene rings is 2. The lowest BCUT2D eigenvalue weighted by Gasteiger charge is -2.33. The third-order valence-electron chi connectivity index (χ3n) is 5.63. The van der Waals surface area contributed by atoms with Gasteiger partial charge in [0, 0.05) is 29.2 Å². The van der Waals surface area contributed by atoms with Gasteiger partial charge in [0.1, 0.15) is 24.1 Å². The fourth-order valence-corrected chi connectivity index (χ4v) is 5.03. The molecular weight excluding hydrogens is 541 g/mol. The maximum absolute atomic E-state index is 13.8. The van der Waals surface area contributed by atoms with E-state index in [1.807, 2.05) is 6.92 Å². The Hall–Kier alpha value is -2.69. The van der Waals surface area contributed by atoms with Crippen LogP contribution in [0.25, 0.3) is 0 Å². The lowest BCUT2D eigenvalue weighted by atomic mass is 10.1. The number of rotatable bonds is 13. The van der Waals surface area contributed by atoms with Crippen LogP contribution in [0.1, 0.15) is 32.3 Å². The van der Waals surface area contributed by atoms with E-state index >= 15 is 0 Å². The van der Waals surface area contributed by atoms with Crippen LogP contribution in [0.15, 0.2) is 36.4 Å². The predicted molar refractivity (Wildman–Crippen MR) is 146 cm³/mol. The maximum Gasteiger partial charge on any atom is 0.244 e. The number of anilines is 1. The number of sulfonamides is 1. The molecule has 0 aromatic heterocycles. The van der Waals surface area contributed by atoms with Gasteiger partial charge in [-0.05, 0) is 42.7 Å². The Balaban J connectivity index is 2.53. The van der Waals surface area contributed by atoms with Gasteiger partial charge in [-0.1, -0.05) is 43.1 Å². The third kappa shape index (κ3) is 8.15. The Morgan fingerprint density at radius 3 is 2.30 bits per heavy atom. The summed E-state index contributed by atoms with van der Waals surface area (Å²) in [6.45, 7) is 3.55. The van der Waals surface area contributed by atoms with E-state index in [4.69, 9.17) is 32.7 Å². The second-order valence-electron chi connectivity index (χ2n) is 8.28. The molecule has 12 heteroatoms. The van der Waals surface area contributed by atoms with Gasteiger partial charge in [0.15, 0.2) is 0 Å². The van der Waals surface area contributed by atoms with E-state index in [0.29, 0.717) is 34.3 Å². The summed E-state index contributed by atoms with van der Waals surface area (Å²) in [5.74, 6) is -0.265. The Morgan fingerprint density at radius 2 is 1.76 bits per heavy atom. The van der Waals surface area contributed by atoms with Crippen molar-refractivity contribution in [1.29, 1.82) is 0 Å². The van der Waals surface area contributed by atoms with Gasteiger partial charge in [-0.15, -0.1) is 0 Å². The number of methoxy groups -OCH3 is 2. The highest BCUT2D eigenvalue weighted by molar-refractivity contribution is 7.92. The van der Waals surface area contributed by atoms with E-state index in [-0.39, 0.29) is 23.9 Å². The fraction of sp³-hybridized carbons (Fsp3) is 0.440. The average molecular weight is 575 g/mol. The topological polar surface area (TPSA) is 105 Å². The zero-order valence-corrected chi connectivity index (χ0v) is 23.9. The average Bonchev–Trinajstić information content (AvgIpc) is 2.85. The number of halogens is 2. The summed E-state index contributed by atoms with van der Waals surface area (Å²) in [7, 11) is -1.07. The van der Waals surface area contributed by atoms with Gasteiger partial charge in [0.25, 0.3) is 0 Å². The molecule has 0 aliphatic heterocycles. The van der Waals surface area contributed by atoms with Gasteiger partial charge < -0.3 is 19.7 Å². The predicted octanol–water partition coefficient (Wildman–Crippen LogP) is 4.11. The molecule has 0 fully saturated rings. The van der Waals surface area contributed by atoms with Crippen LogP contribution in [0.3, 0.4) is 0 Å². The van der Waals surface area contributed by atoms with Gasteiger partial charge in [-0.25, -0.2) is 8.42 Å². The Labute approximate surface area is 228 Å². The monoisotopic (exact) mass is 573 g/mol. The highest BCUT2D eigenvalue weighted by atomic mass is 35.5. The van der Waals surface area contributed by atoms with Crippen molar-refractivity contribution >= 4 is 50.7 Å². The molecule has 1 N–H and O–H groups in total. The number of carbonyl (C=O) groups is 2. The summed E-state index contributed by atoms with van der Waals surface area (Å²) in [6, 6.07) is 8.58. The minimum Gasteiger partial charge on any atom is -0.497 e. The summed E-state index contributed by atoms with van der Waals surface area (Å²) in [4.78, 5) is 28.1. The van der Waals surface area contributed by atoms with Crippen molar-refractivity contribution in [2.45, 2.75) is 39.3 Å². The first kappa shape index (κ1) is 30.5. The summed E-state index contributed by atoms with van der Waals surface area (Å²) >= 11 is 12.4. The van der Waals surface area contributed by atoms with Crippen LogP contribution in [0, 0.1) is 0 Å². The first-order valence-electron chi connectivity index (χ1n) is 11.7. The molecule has 204 valence electrons. The van der Waals surface area contributed by atoms with Gasteiger partial charge in [-0.2, -0.15) is 0 Å². The number of nitrogens with one attached hydrogen (secondary N) is 1.